The number of rotatable bonds is 1. The van der Waals surface area contributed by atoms with Crippen LogP contribution in [0.4, 0.5) is 0 Å². The van der Waals surface area contributed by atoms with Crippen LogP contribution in [-0.2, 0) is 4.74 Å². The van der Waals surface area contributed by atoms with Crippen molar-refractivity contribution in [2.24, 2.45) is 0 Å². The molecule has 1 aliphatic rings. The summed E-state index contributed by atoms with van der Waals surface area (Å²) in [6.07, 6.45) is 1.95. The quantitative estimate of drug-likeness (QED) is 0.639. The molecular formula is C12H16O. The van der Waals surface area contributed by atoms with Crippen molar-refractivity contribution in [3.8, 4) is 0 Å². The molecule has 0 saturated carbocycles. The minimum absolute atomic E-state index is 0.373. The molecule has 70 valence electrons. The van der Waals surface area contributed by atoms with Crippen molar-refractivity contribution in [3.05, 3.63) is 35.9 Å². The normalized spacial score (nSPS) is 33.5. The topological polar surface area (TPSA) is 9.23 Å². The van der Waals surface area contributed by atoms with Crippen molar-refractivity contribution in [3.63, 3.8) is 0 Å². The molecule has 1 saturated heterocycles. The molecule has 0 aliphatic carbocycles. The van der Waals surface area contributed by atoms with Crippen molar-refractivity contribution in [1.82, 2.24) is 0 Å². The molecule has 0 aromatic heterocycles. The van der Waals surface area contributed by atoms with E-state index in [1.54, 1.807) is 0 Å². The van der Waals surface area contributed by atoms with Crippen molar-refractivity contribution in [2.45, 2.75) is 38.4 Å². The molecule has 1 heterocycles. The molecule has 0 N–H and O–H groups in total. The molecule has 1 heteroatoms. The first-order valence-electron chi connectivity index (χ1n) is 4.98. The summed E-state index contributed by atoms with van der Waals surface area (Å²) in [5, 5.41) is 0. The fraction of sp³-hybridized carbons (Fsp3) is 0.500. The largest absolute Gasteiger partial charge is 0.375 e. The molecule has 1 aromatic rings. The van der Waals surface area contributed by atoms with Crippen molar-refractivity contribution >= 4 is 0 Å². The molecule has 0 amide bonds. The Balaban J connectivity index is 2.18. The lowest BCUT2D eigenvalue weighted by molar-refractivity contribution is 0.0632. The minimum Gasteiger partial charge on any atom is -0.375 e. The zero-order chi connectivity index (χ0) is 9.26. The summed E-state index contributed by atoms with van der Waals surface area (Å²) in [5.74, 6) is 0.594. The van der Waals surface area contributed by atoms with Gasteiger partial charge < -0.3 is 4.74 Å². The van der Waals surface area contributed by atoms with Gasteiger partial charge in [0.15, 0.2) is 0 Å². The standard InChI is InChI=1S/C12H16O/c1-9-8-12(10(2)13-9)11-6-4-3-5-7-11/h3-7,9-10,12H,8H2,1-2H3/t9-,10-,12-/m1/s1. The van der Waals surface area contributed by atoms with Gasteiger partial charge in [0.05, 0.1) is 12.2 Å². The van der Waals surface area contributed by atoms with Gasteiger partial charge in [0, 0.05) is 5.92 Å². The second-order valence-corrected chi connectivity index (χ2v) is 3.90. The van der Waals surface area contributed by atoms with Gasteiger partial charge in [-0.1, -0.05) is 30.3 Å². The lowest BCUT2D eigenvalue weighted by atomic mass is 9.92. The third kappa shape index (κ3) is 1.75. The number of benzene rings is 1. The first-order valence-corrected chi connectivity index (χ1v) is 4.98. The van der Waals surface area contributed by atoms with E-state index in [4.69, 9.17) is 4.74 Å². The highest BCUT2D eigenvalue weighted by atomic mass is 16.5. The molecule has 13 heavy (non-hydrogen) atoms. The number of ether oxygens (including phenoxy) is 1. The van der Waals surface area contributed by atoms with Gasteiger partial charge in [-0.2, -0.15) is 0 Å². The van der Waals surface area contributed by atoms with Crippen LogP contribution in [0, 0.1) is 0 Å². The Kier molecular flexibility index (Phi) is 2.36. The molecule has 1 aliphatic heterocycles. The highest BCUT2D eigenvalue weighted by Crippen LogP contribution is 2.34. The van der Waals surface area contributed by atoms with Crippen LogP contribution >= 0.6 is 0 Å². The van der Waals surface area contributed by atoms with Gasteiger partial charge >= 0.3 is 0 Å². The highest BCUT2D eigenvalue weighted by Gasteiger charge is 2.30. The van der Waals surface area contributed by atoms with E-state index in [-0.39, 0.29) is 0 Å². The first-order chi connectivity index (χ1) is 6.27. The van der Waals surface area contributed by atoms with Crippen molar-refractivity contribution < 1.29 is 4.74 Å². The predicted molar refractivity (Wildman–Crippen MR) is 53.8 cm³/mol. The summed E-state index contributed by atoms with van der Waals surface area (Å²) in [6, 6.07) is 10.7. The molecule has 0 bridgehead atoms. The van der Waals surface area contributed by atoms with Crippen LogP contribution < -0.4 is 0 Å². The molecule has 1 aromatic carbocycles. The molecular weight excluding hydrogens is 160 g/mol. The summed E-state index contributed by atoms with van der Waals surface area (Å²) >= 11 is 0. The van der Waals surface area contributed by atoms with Gasteiger partial charge in [-0.15, -0.1) is 0 Å². The van der Waals surface area contributed by atoms with Crippen LogP contribution in [0.2, 0.25) is 0 Å². The Hall–Kier alpha value is -0.820. The lowest BCUT2D eigenvalue weighted by Gasteiger charge is -2.13. The molecule has 1 nitrogen and oxygen atoms in total. The summed E-state index contributed by atoms with van der Waals surface area (Å²) in [7, 11) is 0. The van der Waals surface area contributed by atoms with Crippen LogP contribution in [-0.4, -0.2) is 12.2 Å². The summed E-state index contributed by atoms with van der Waals surface area (Å²) in [5.41, 5.74) is 1.42. The Morgan fingerprint density at radius 3 is 2.38 bits per heavy atom. The van der Waals surface area contributed by atoms with Crippen LogP contribution in [0.5, 0.6) is 0 Å². The van der Waals surface area contributed by atoms with Gasteiger partial charge in [0.1, 0.15) is 0 Å². The maximum atomic E-state index is 5.73. The zero-order valence-corrected chi connectivity index (χ0v) is 8.23. The van der Waals surface area contributed by atoms with E-state index >= 15 is 0 Å². The van der Waals surface area contributed by atoms with Gasteiger partial charge in [0.2, 0.25) is 0 Å². The van der Waals surface area contributed by atoms with Crippen molar-refractivity contribution in [2.75, 3.05) is 0 Å². The molecule has 0 unspecified atom stereocenters. The Labute approximate surface area is 79.7 Å². The molecule has 2 rings (SSSR count). The zero-order valence-electron chi connectivity index (χ0n) is 8.23. The smallest absolute Gasteiger partial charge is 0.0620 e. The Morgan fingerprint density at radius 1 is 1.15 bits per heavy atom. The average molecular weight is 176 g/mol. The third-order valence-electron chi connectivity index (χ3n) is 2.83. The molecule has 3 atom stereocenters. The van der Waals surface area contributed by atoms with E-state index in [0.717, 1.165) is 6.42 Å². The second kappa shape index (κ2) is 3.51. The van der Waals surface area contributed by atoms with E-state index in [1.807, 2.05) is 0 Å². The second-order valence-electron chi connectivity index (χ2n) is 3.90. The van der Waals surface area contributed by atoms with E-state index < -0.39 is 0 Å². The third-order valence-corrected chi connectivity index (χ3v) is 2.83. The van der Waals surface area contributed by atoms with E-state index in [0.29, 0.717) is 18.1 Å². The summed E-state index contributed by atoms with van der Waals surface area (Å²) < 4.78 is 5.73. The van der Waals surface area contributed by atoms with Crippen LogP contribution in [0.25, 0.3) is 0 Å². The molecule has 1 fully saturated rings. The first kappa shape index (κ1) is 8.76. The maximum absolute atomic E-state index is 5.73. The maximum Gasteiger partial charge on any atom is 0.0620 e. The molecule has 0 spiro atoms. The SMILES string of the molecule is C[C@@H]1C[C@@H](c2ccccc2)[C@@H](C)O1. The fourth-order valence-corrected chi connectivity index (χ4v) is 2.17. The number of hydrogen-bond donors (Lipinski definition) is 0. The van der Waals surface area contributed by atoms with Gasteiger partial charge in [0.25, 0.3) is 0 Å². The lowest BCUT2D eigenvalue weighted by Crippen LogP contribution is -2.09. The van der Waals surface area contributed by atoms with E-state index in [1.165, 1.54) is 5.56 Å². The van der Waals surface area contributed by atoms with E-state index in [2.05, 4.69) is 44.2 Å². The van der Waals surface area contributed by atoms with E-state index in [9.17, 15) is 0 Å². The van der Waals surface area contributed by atoms with Crippen LogP contribution in [0.3, 0.4) is 0 Å². The Bertz CT molecular complexity index is 268. The minimum atomic E-state index is 0.373. The summed E-state index contributed by atoms with van der Waals surface area (Å²) in [4.78, 5) is 0. The van der Waals surface area contributed by atoms with Crippen LogP contribution in [0.1, 0.15) is 31.7 Å². The number of hydrogen-bond acceptors (Lipinski definition) is 1. The highest BCUT2D eigenvalue weighted by molar-refractivity contribution is 5.21. The fourth-order valence-electron chi connectivity index (χ4n) is 2.17. The molecule has 0 radical (unpaired) electrons. The van der Waals surface area contributed by atoms with Crippen molar-refractivity contribution in [1.29, 1.82) is 0 Å². The monoisotopic (exact) mass is 176 g/mol. The van der Waals surface area contributed by atoms with Gasteiger partial charge in [-0.25, -0.2) is 0 Å². The van der Waals surface area contributed by atoms with Crippen LogP contribution in [0.15, 0.2) is 30.3 Å². The average Bonchev–Trinajstić information content (AvgIpc) is 2.47. The van der Waals surface area contributed by atoms with Gasteiger partial charge in [-0.05, 0) is 25.8 Å². The van der Waals surface area contributed by atoms with Gasteiger partial charge in [-0.3, -0.25) is 0 Å². The predicted octanol–water partition coefficient (Wildman–Crippen LogP) is 2.97. The Morgan fingerprint density at radius 2 is 1.85 bits per heavy atom. The summed E-state index contributed by atoms with van der Waals surface area (Å²) in [6.45, 7) is 4.32.